The number of thioether (sulfide) groups is 1. The van der Waals surface area contributed by atoms with Crippen LogP contribution in [0.25, 0.3) is 0 Å². The lowest BCUT2D eigenvalue weighted by molar-refractivity contribution is -0.130. The van der Waals surface area contributed by atoms with Crippen LogP contribution >= 0.6 is 11.8 Å². The summed E-state index contributed by atoms with van der Waals surface area (Å²) in [5.41, 5.74) is 0. The van der Waals surface area contributed by atoms with E-state index < -0.39 is 0 Å². The summed E-state index contributed by atoms with van der Waals surface area (Å²) in [6.45, 7) is 9.33. The third kappa shape index (κ3) is 3.67. The number of nitrogens with zero attached hydrogens (tertiary/aromatic N) is 1. The van der Waals surface area contributed by atoms with Gasteiger partial charge in [0, 0.05) is 11.3 Å². The molecule has 2 unspecified atom stereocenters. The molecule has 1 heterocycles. The fraction of sp³-hybridized carbons (Fsp3) is 0.917. The molecule has 0 bridgehead atoms. The summed E-state index contributed by atoms with van der Waals surface area (Å²) in [4.78, 5) is 13.9. The fourth-order valence-electron chi connectivity index (χ4n) is 1.96. The maximum Gasteiger partial charge on any atom is 0.232 e. The van der Waals surface area contributed by atoms with Crippen LogP contribution in [0.5, 0.6) is 0 Å². The van der Waals surface area contributed by atoms with Gasteiger partial charge in [-0.2, -0.15) is 0 Å². The van der Waals surface area contributed by atoms with Gasteiger partial charge in [-0.1, -0.05) is 27.7 Å². The van der Waals surface area contributed by atoms with E-state index in [9.17, 15) is 9.90 Å². The average Bonchev–Trinajstić information content (AvgIpc) is 2.54. The Bertz CT molecular complexity index is 250. The van der Waals surface area contributed by atoms with E-state index in [0.717, 1.165) is 13.0 Å². The van der Waals surface area contributed by atoms with Gasteiger partial charge < -0.3 is 10.0 Å². The molecule has 3 nitrogen and oxygen atoms in total. The Morgan fingerprint density at radius 3 is 2.62 bits per heavy atom. The van der Waals surface area contributed by atoms with Crippen LogP contribution in [-0.2, 0) is 4.79 Å². The van der Waals surface area contributed by atoms with Crippen molar-refractivity contribution in [3.8, 4) is 0 Å². The van der Waals surface area contributed by atoms with E-state index >= 15 is 0 Å². The van der Waals surface area contributed by atoms with Gasteiger partial charge in [0.2, 0.25) is 5.91 Å². The molecule has 1 aliphatic rings. The maximum atomic E-state index is 12.0. The topological polar surface area (TPSA) is 40.5 Å². The van der Waals surface area contributed by atoms with Crippen molar-refractivity contribution in [1.82, 2.24) is 4.90 Å². The van der Waals surface area contributed by atoms with Gasteiger partial charge in [0.1, 0.15) is 0 Å². The zero-order valence-electron chi connectivity index (χ0n) is 10.7. The van der Waals surface area contributed by atoms with Gasteiger partial charge in [0.25, 0.3) is 0 Å². The predicted molar refractivity (Wildman–Crippen MR) is 68.6 cm³/mol. The minimum absolute atomic E-state index is 0.0352. The molecule has 4 heteroatoms. The molecule has 0 aliphatic carbocycles. The quantitative estimate of drug-likeness (QED) is 0.823. The number of hydrogen-bond donors (Lipinski definition) is 1. The molecule has 0 aromatic heterocycles. The second-order valence-electron chi connectivity index (χ2n) is 5.50. The average molecular weight is 245 g/mol. The largest absolute Gasteiger partial charge is 0.394 e. The Morgan fingerprint density at radius 2 is 2.12 bits per heavy atom. The van der Waals surface area contributed by atoms with Crippen LogP contribution in [0.15, 0.2) is 0 Å². The third-order valence-electron chi connectivity index (χ3n) is 3.02. The lowest BCUT2D eigenvalue weighted by atomic mass is 10.0. The molecule has 0 aromatic carbocycles. The van der Waals surface area contributed by atoms with Crippen LogP contribution in [0.1, 0.15) is 34.1 Å². The minimum atomic E-state index is 0.0352. The van der Waals surface area contributed by atoms with Gasteiger partial charge in [-0.25, -0.2) is 0 Å². The van der Waals surface area contributed by atoms with Crippen molar-refractivity contribution in [1.29, 1.82) is 0 Å². The van der Waals surface area contributed by atoms with Crippen molar-refractivity contribution in [2.45, 2.75) is 44.9 Å². The Balaban J connectivity index is 2.48. The van der Waals surface area contributed by atoms with Crippen LogP contribution in [0.4, 0.5) is 0 Å². The zero-order chi connectivity index (χ0) is 12.3. The number of likely N-dealkylation sites (tertiary alicyclic amines) is 1. The van der Waals surface area contributed by atoms with Gasteiger partial charge in [0.05, 0.1) is 18.4 Å². The molecule has 1 saturated heterocycles. The highest BCUT2D eigenvalue weighted by molar-refractivity contribution is 8.01. The molecular formula is C12H23NO2S. The van der Waals surface area contributed by atoms with E-state index in [0.29, 0.717) is 11.7 Å². The predicted octanol–water partition coefficient (Wildman–Crippen LogP) is 1.75. The van der Waals surface area contributed by atoms with Crippen molar-refractivity contribution in [3.63, 3.8) is 0 Å². The second kappa shape index (κ2) is 5.41. The van der Waals surface area contributed by atoms with Crippen molar-refractivity contribution < 1.29 is 9.90 Å². The van der Waals surface area contributed by atoms with E-state index in [2.05, 4.69) is 27.7 Å². The first-order valence-corrected chi connectivity index (χ1v) is 6.88. The van der Waals surface area contributed by atoms with E-state index in [-0.39, 0.29) is 23.3 Å². The molecule has 0 spiro atoms. The number of hydrogen-bond acceptors (Lipinski definition) is 3. The van der Waals surface area contributed by atoms with Gasteiger partial charge in [0.15, 0.2) is 0 Å². The molecule has 1 amide bonds. The molecule has 1 aliphatic heterocycles. The van der Waals surface area contributed by atoms with Gasteiger partial charge >= 0.3 is 0 Å². The summed E-state index contributed by atoms with van der Waals surface area (Å²) in [5, 5.41) is 9.28. The van der Waals surface area contributed by atoms with Crippen LogP contribution in [0.2, 0.25) is 0 Å². The third-order valence-corrected chi connectivity index (χ3v) is 4.28. The van der Waals surface area contributed by atoms with Crippen LogP contribution in [0.3, 0.4) is 0 Å². The monoisotopic (exact) mass is 245 g/mol. The Hall–Kier alpha value is -0.220. The second-order valence-corrected chi connectivity index (χ2v) is 7.31. The SMILES string of the molecule is CC1CCN(C(=O)CSC(C)(C)C)C1CO. The first kappa shape index (κ1) is 13.8. The molecule has 2 atom stereocenters. The van der Waals surface area contributed by atoms with Gasteiger partial charge in [-0.05, 0) is 12.3 Å². The molecule has 0 aromatic rings. The highest BCUT2D eigenvalue weighted by Crippen LogP contribution is 2.27. The Labute approximate surface area is 103 Å². The smallest absolute Gasteiger partial charge is 0.232 e. The molecule has 1 rings (SSSR count). The van der Waals surface area contributed by atoms with Gasteiger partial charge in [-0.3, -0.25) is 4.79 Å². The summed E-state index contributed by atoms with van der Waals surface area (Å²) in [6, 6.07) is 0.0352. The van der Waals surface area contributed by atoms with Crippen LogP contribution in [-0.4, -0.2) is 45.6 Å². The normalized spacial score (nSPS) is 26.2. The van der Waals surface area contributed by atoms with Gasteiger partial charge in [-0.15, -0.1) is 11.8 Å². The summed E-state index contributed by atoms with van der Waals surface area (Å²) in [7, 11) is 0. The molecular weight excluding hydrogens is 222 g/mol. The number of rotatable bonds is 3. The lowest BCUT2D eigenvalue weighted by Gasteiger charge is -2.26. The summed E-state index contributed by atoms with van der Waals surface area (Å²) < 4.78 is 0.121. The fourth-order valence-corrected chi connectivity index (χ4v) is 2.68. The molecule has 94 valence electrons. The minimum Gasteiger partial charge on any atom is -0.394 e. The summed E-state index contributed by atoms with van der Waals surface area (Å²) >= 11 is 1.67. The first-order chi connectivity index (χ1) is 7.35. The van der Waals surface area contributed by atoms with Crippen molar-refractivity contribution in [2.75, 3.05) is 18.9 Å². The zero-order valence-corrected chi connectivity index (χ0v) is 11.5. The number of carbonyl (C=O) groups excluding carboxylic acids is 1. The van der Waals surface area contributed by atoms with Crippen LogP contribution in [0, 0.1) is 5.92 Å². The standard InChI is InChI=1S/C12H23NO2S/c1-9-5-6-13(10(9)7-14)11(15)8-16-12(2,3)4/h9-10,14H,5-8H2,1-4H3. The number of aliphatic hydroxyl groups is 1. The van der Waals surface area contributed by atoms with Crippen molar-refractivity contribution in [2.24, 2.45) is 5.92 Å². The lowest BCUT2D eigenvalue weighted by Crippen LogP contribution is -2.41. The van der Waals surface area contributed by atoms with Crippen molar-refractivity contribution >= 4 is 17.7 Å². The number of carbonyl (C=O) groups is 1. The summed E-state index contributed by atoms with van der Waals surface area (Å²) in [5.74, 6) is 1.11. The van der Waals surface area contributed by atoms with E-state index in [1.807, 2.05) is 4.90 Å². The molecule has 1 fully saturated rings. The molecule has 0 saturated carbocycles. The van der Waals surface area contributed by atoms with E-state index in [4.69, 9.17) is 0 Å². The van der Waals surface area contributed by atoms with E-state index in [1.54, 1.807) is 11.8 Å². The van der Waals surface area contributed by atoms with Crippen molar-refractivity contribution in [3.05, 3.63) is 0 Å². The molecule has 1 N–H and O–H groups in total. The number of aliphatic hydroxyl groups excluding tert-OH is 1. The Kier molecular flexibility index (Phi) is 4.68. The number of amides is 1. The molecule has 16 heavy (non-hydrogen) atoms. The highest BCUT2D eigenvalue weighted by Gasteiger charge is 2.33. The Morgan fingerprint density at radius 1 is 1.50 bits per heavy atom. The van der Waals surface area contributed by atoms with Crippen LogP contribution < -0.4 is 0 Å². The maximum absolute atomic E-state index is 12.0. The highest BCUT2D eigenvalue weighted by atomic mass is 32.2. The summed E-state index contributed by atoms with van der Waals surface area (Å²) in [6.07, 6.45) is 1.01. The molecule has 0 radical (unpaired) electrons. The first-order valence-electron chi connectivity index (χ1n) is 5.89. The van der Waals surface area contributed by atoms with E-state index in [1.165, 1.54) is 0 Å².